The van der Waals surface area contributed by atoms with Crippen LogP contribution >= 0.6 is 0 Å². The van der Waals surface area contributed by atoms with Crippen molar-refractivity contribution in [3.63, 3.8) is 0 Å². The number of rotatable bonds is 3. The molecule has 1 aliphatic rings. The summed E-state index contributed by atoms with van der Waals surface area (Å²) in [4.78, 5) is 13.6. The Balaban J connectivity index is 1.53. The van der Waals surface area contributed by atoms with E-state index < -0.39 is 11.7 Å². The van der Waals surface area contributed by atoms with Crippen LogP contribution in [0.5, 0.6) is 0 Å². The highest BCUT2D eigenvalue weighted by Crippen LogP contribution is 2.31. The van der Waals surface area contributed by atoms with E-state index in [-0.39, 0.29) is 5.91 Å². The molecule has 4 rings (SSSR count). The molecule has 1 amide bonds. The van der Waals surface area contributed by atoms with Crippen molar-refractivity contribution in [2.24, 2.45) is 7.05 Å². The summed E-state index contributed by atoms with van der Waals surface area (Å²) in [5.41, 5.74) is 5.25. The van der Waals surface area contributed by atoms with Crippen LogP contribution in [0.3, 0.4) is 0 Å². The lowest BCUT2D eigenvalue weighted by Gasteiger charge is -2.26. The van der Waals surface area contributed by atoms with E-state index >= 15 is 0 Å². The molecule has 0 bridgehead atoms. The van der Waals surface area contributed by atoms with Crippen molar-refractivity contribution in [3.05, 3.63) is 76.6 Å². The topological polar surface area (TPSA) is 38.1 Å². The number of nitrogens with zero attached hydrogens (tertiary/aromatic N) is 3. The van der Waals surface area contributed by atoms with E-state index in [4.69, 9.17) is 0 Å². The molecule has 2 heterocycles. The van der Waals surface area contributed by atoms with Crippen LogP contribution in [0.15, 0.2) is 48.5 Å². The molecule has 1 aliphatic heterocycles. The number of alkyl halides is 3. The highest BCUT2D eigenvalue weighted by Gasteiger charge is 2.30. The molecule has 7 heteroatoms. The SMILES string of the molecule is CC(=O)N1CCc2c(c(Cc3ccc(-c4ccc(C(F)(F)F)cc4)cc3)nn2C)C1. The fourth-order valence-corrected chi connectivity index (χ4v) is 3.94. The molecule has 0 unspecified atom stereocenters. The molecule has 0 saturated heterocycles. The lowest BCUT2D eigenvalue weighted by molar-refractivity contribution is -0.137. The Morgan fingerprint density at radius 2 is 1.63 bits per heavy atom. The van der Waals surface area contributed by atoms with Gasteiger partial charge in [0.05, 0.1) is 11.3 Å². The largest absolute Gasteiger partial charge is 0.416 e. The molecule has 0 radical (unpaired) electrons. The van der Waals surface area contributed by atoms with Gasteiger partial charge in [0.15, 0.2) is 0 Å². The van der Waals surface area contributed by atoms with E-state index in [1.807, 2.05) is 40.9 Å². The third-order valence-electron chi connectivity index (χ3n) is 5.64. The summed E-state index contributed by atoms with van der Waals surface area (Å²) in [5, 5.41) is 4.67. The zero-order valence-electron chi connectivity index (χ0n) is 16.8. The molecule has 4 nitrogen and oxygen atoms in total. The molecule has 0 N–H and O–H groups in total. The minimum Gasteiger partial charge on any atom is -0.338 e. The number of aromatic nitrogens is 2. The number of carbonyl (C=O) groups excluding carboxylic acids is 1. The maximum atomic E-state index is 12.7. The highest BCUT2D eigenvalue weighted by molar-refractivity contribution is 5.73. The van der Waals surface area contributed by atoms with E-state index in [9.17, 15) is 18.0 Å². The third kappa shape index (κ3) is 3.97. The Kier molecular flexibility index (Phi) is 5.13. The highest BCUT2D eigenvalue weighted by atomic mass is 19.4. The van der Waals surface area contributed by atoms with Gasteiger partial charge in [-0.15, -0.1) is 0 Å². The van der Waals surface area contributed by atoms with Gasteiger partial charge < -0.3 is 4.90 Å². The van der Waals surface area contributed by atoms with Crippen LogP contribution < -0.4 is 0 Å². The second-order valence-electron chi connectivity index (χ2n) is 7.63. The Morgan fingerprint density at radius 3 is 2.20 bits per heavy atom. The van der Waals surface area contributed by atoms with Crippen molar-refractivity contribution in [1.29, 1.82) is 0 Å². The number of aryl methyl sites for hydroxylation is 1. The molecule has 0 spiro atoms. The summed E-state index contributed by atoms with van der Waals surface area (Å²) in [5.74, 6) is 0.0661. The van der Waals surface area contributed by atoms with Gasteiger partial charge in [-0.2, -0.15) is 18.3 Å². The van der Waals surface area contributed by atoms with Gasteiger partial charge in [-0.3, -0.25) is 9.48 Å². The van der Waals surface area contributed by atoms with Gasteiger partial charge in [-0.05, 0) is 28.8 Å². The molecule has 2 aromatic carbocycles. The number of fused-ring (bicyclic) bond motifs is 1. The first-order valence-electron chi connectivity index (χ1n) is 9.78. The molecule has 0 fully saturated rings. The number of benzene rings is 2. The van der Waals surface area contributed by atoms with Gasteiger partial charge in [0.1, 0.15) is 0 Å². The molecule has 0 aliphatic carbocycles. The minimum atomic E-state index is -4.33. The van der Waals surface area contributed by atoms with Gasteiger partial charge in [-0.1, -0.05) is 36.4 Å². The van der Waals surface area contributed by atoms with E-state index in [2.05, 4.69) is 5.10 Å². The van der Waals surface area contributed by atoms with E-state index in [0.717, 1.165) is 46.5 Å². The summed E-state index contributed by atoms with van der Waals surface area (Å²) in [6.45, 7) is 2.88. The molecule has 30 heavy (non-hydrogen) atoms. The molecular formula is C23H22F3N3O. The van der Waals surface area contributed by atoms with Gasteiger partial charge in [0.2, 0.25) is 5.91 Å². The van der Waals surface area contributed by atoms with Crippen LogP contribution in [0.25, 0.3) is 11.1 Å². The normalized spacial score (nSPS) is 14.0. The van der Waals surface area contributed by atoms with E-state index in [1.54, 1.807) is 6.92 Å². The van der Waals surface area contributed by atoms with Crippen LogP contribution in [-0.4, -0.2) is 27.1 Å². The Hall–Kier alpha value is -3.09. The van der Waals surface area contributed by atoms with Crippen LogP contribution in [0.2, 0.25) is 0 Å². The fraction of sp³-hybridized carbons (Fsp3) is 0.304. The fourth-order valence-electron chi connectivity index (χ4n) is 3.94. The smallest absolute Gasteiger partial charge is 0.338 e. The predicted octanol–water partition coefficient (Wildman–Crippen LogP) is 4.60. The van der Waals surface area contributed by atoms with Crippen molar-refractivity contribution >= 4 is 5.91 Å². The third-order valence-corrected chi connectivity index (χ3v) is 5.64. The summed E-state index contributed by atoms with van der Waals surface area (Å²) in [7, 11) is 1.93. The van der Waals surface area contributed by atoms with Gasteiger partial charge in [0.25, 0.3) is 0 Å². The second-order valence-corrected chi connectivity index (χ2v) is 7.63. The Morgan fingerprint density at radius 1 is 1.03 bits per heavy atom. The zero-order chi connectivity index (χ0) is 21.5. The van der Waals surface area contributed by atoms with Crippen molar-refractivity contribution in [3.8, 4) is 11.1 Å². The van der Waals surface area contributed by atoms with E-state index in [0.29, 0.717) is 19.5 Å². The van der Waals surface area contributed by atoms with Crippen LogP contribution in [-0.2, 0) is 37.4 Å². The summed E-state index contributed by atoms with van der Waals surface area (Å²) in [6, 6.07) is 12.9. The standard InChI is InChI=1S/C23H22F3N3O/c1-15(30)29-12-11-22-20(14-29)21(27-28(22)2)13-16-3-5-17(6-4-16)18-7-9-19(10-8-18)23(24,25)26/h3-10H,11-14H2,1-2H3. The average molecular weight is 413 g/mol. The first kappa shape index (κ1) is 20.2. The zero-order valence-corrected chi connectivity index (χ0v) is 16.8. The summed E-state index contributed by atoms with van der Waals surface area (Å²) >= 11 is 0. The predicted molar refractivity (Wildman–Crippen MR) is 108 cm³/mol. The van der Waals surface area contributed by atoms with Gasteiger partial charge >= 0.3 is 6.18 Å². The van der Waals surface area contributed by atoms with Gasteiger partial charge in [-0.25, -0.2) is 0 Å². The van der Waals surface area contributed by atoms with E-state index in [1.165, 1.54) is 17.8 Å². The average Bonchev–Trinajstić information content (AvgIpc) is 3.03. The molecule has 1 aromatic heterocycles. The lowest BCUT2D eigenvalue weighted by atomic mass is 9.98. The molecule has 3 aromatic rings. The first-order chi connectivity index (χ1) is 14.2. The minimum absolute atomic E-state index is 0.0661. The summed E-state index contributed by atoms with van der Waals surface area (Å²) in [6.07, 6.45) is -2.89. The lowest BCUT2D eigenvalue weighted by Crippen LogP contribution is -2.34. The number of carbonyl (C=O) groups is 1. The molecule has 0 saturated carbocycles. The first-order valence-corrected chi connectivity index (χ1v) is 9.78. The number of hydrogen-bond donors (Lipinski definition) is 0. The van der Waals surface area contributed by atoms with Gasteiger partial charge in [0, 0.05) is 51.2 Å². The maximum Gasteiger partial charge on any atom is 0.416 e. The van der Waals surface area contributed by atoms with Crippen molar-refractivity contribution in [2.75, 3.05) is 6.54 Å². The Labute approximate surface area is 172 Å². The van der Waals surface area contributed by atoms with Crippen molar-refractivity contribution in [1.82, 2.24) is 14.7 Å². The van der Waals surface area contributed by atoms with Crippen molar-refractivity contribution < 1.29 is 18.0 Å². The van der Waals surface area contributed by atoms with Crippen molar-refractivity contribution in [2.45, 2.75) is 32.5 Å². The molecular weight excluding hydrogens is 391 g/mol. The maximum absolute atomic E-state index is 12.7. The summed E-state index contributed by atoms with van der Waals surface area (Å²) < 4.78 is 40.1. The number of halogens is 3. The molecule has 0 atom stereocenters. The second kappa shape index (κ2) is 7.63. The quantitative estimate of drug-likeness (QED) is 0.629. The molecule has 156 valence electrons. The number of amides is 1. The number of hydrogen-bond acceptors (Lipinski definition) is 2. The van der Waals surface area contributed by atoms with Crippen LogP contribution in [0, 0.1) is 0 Å². The van der Waals surface area contributed by atoms with Crippen LogP contribution in [0.4, 0.5) is 13.2 Å². The Bertz CT molecular complexity index is 1070. The monoisotopic (exact) mass is 413 g/mol. The van der Waals surface area contributed by atoms with Crippen LogP contribution in [0.1, 0.15) is 35.0 Å².